The van der Waals surface area contributed by atoms with Gasteiger partial charge in [-0.3, -0.25) is 4.79 Å². The first-order valence-electron chi connectivity index (χ1n) is 7.23. The number of para-hydroxylation sites is 2. The number of nitrogens with zero attached hydrogens (tertiary/aromatic N) is 3. The number of carbonyl (C=O) groups is 1. The third-order valence-electron chi connectivity index (χ3n) is 3.31. The second kappa shape index (κ2) is 6.47. The van der Waals surface area contributed by atoms with E-state index in [4.69, 9.17) is 15.2 Å². The Morgan fingerprint density at radius 1 is 1.30 bits per heavy atom. The number of ether oxygens (including phenoxy) is 2. The Balaban J connectivity index is 1.73. The molecule has 0 radical (unpaired) electrons. The van der Waals surface area contributed by atoms with Crippen LogP contribution in [-0.4, -0.2) is 28.0 Å². The molecular formula is C15H17N5O3. The highest BCUT2D eigenvalue weighted by Gasteiger charge is 2.31. The van der Waals surface area contributed by atoms with Gasteiger partial charge < -0.3 is 20.5 Å². The SMILES string of the molecule is COc1ccccc1Nc1nc(N)nc(COC(=O)C2CC2)n1. The first-order chi connectivity index (χ1) is 11.2. The molecule has 1 saturated carbocycles. The minimum absolute atomic E-state index is 0.0251. The molecule has 2 aromatic rings. The van der Waals surface area contributed by atoms with E-state index in [9.17, 15) is 4.79 Å². The second-order valence-electron chi connectivity index (χ2n) is 5.14. The summed E-state index contributed by atoms with van der Waals surface area (Å²) in [6.07, 6.45) is 1.78. The number of nitrogen functional groups attached to an aromatic ring is 1. The smallest absolute Gasteiger partial charge is 0.309 e. The summed E-state index contributed by atoms with van der Waals surface area (Å²) >= 11 is 0. The molecule has 8 nitrogen and oxygen atoms in total. The zero-order valence-corrected chi connectivity index (χ0v) is 12.7. The molecule has 0 amide bonds. The summed E-state index contributed by atoms with van der Waals surface area (Å²) in [6.45, 7) is -0.0251. The number of methoxy groups -OCH3 is 1. The van der Waals surface area contributed by atoms with E-state index in [1.54, 1.807) is 7.11 Å². The predicted octanol–water partition coefficient (Wildman–Crippen LogP) is 1.66. The number of anilines is 3. The predicted molar refractivity (Wildman–Crippen MR) is 83.0 cm³/mol. The number of benzene rings is 1. The Morgan fingerprint density at radius 3 is 2.83 bits per heavy atom. The topological polar surface area (TPSA) is 112 Å². The van der Waals surface area contributed by atoms with Gasteiger partial charge in [-0.2, -0.15) is 15.0 Å². The van der Waals surface area contributed by atoms with Crippen molar-refractivity contribution in [3.8, 4) is 5.75 Å². The van der Waals surface area contributed by atoms with Gasteiger partial charge in [-0.25, -0.2) is 0 Å². The summed E-state index contributed by atoms with van der Waals surface area (Å²) in [7, 11) is 1.57. The highest BCUT2D eigenvalue weighted by atomic mass is 16.5. The molecule has 1 aromatic heterocycles. The fraction of sp³-hybridized carbons (Fsp3) is 0.333. The van der Waals surface area contributed by atoms with Crippen molar-refractivity contribution in [2.45, 2.75) is 19.4 Å². The van der Waals surface area contributed by atoms with E-state index >= 15 is 0 Å². The molecule has 0 spiro atoms. The Labute approximate surface area is 133 Å². The van der Waals surface area contributed by atoms with Gasteiger partial charge in [-0.1, -0.05) is 12.1 Å². The van der Waals surface area contributed by atoms with Crippen LogP contribution in [0, 0.1) is 5.92 Å². The lowest BCUT2D eigenvalue weighted by Gasteiger charge is -2.10. The number of hydrogen-bond acceptors (Lipinski definition) is 8. The van der Waals surface area contributed by atoms with E-state index in [-0.39, 0.29) is 30.4 Å². The minimum atomic E-state index is -0.219. The van der Waals surface area contributed by atoms with Crippen molar-refractivity contribution in [2.24, 2.45) is 5.92 Å². The number of carbonyl (C=O) groups excluding carboxylic acids is 1. The van der Waals surface area contributed by atoms with Crippen molar-refractivity contribution in [2.75, 3.05) is 18.2 Å². The zero-order valence-electron chi connectivity index (χ0n) is 12.7. The van der Waals surface area contributed by atoms with Crippen molar-refractivity contribution in [1.82, 2.24) is 15.0 Å². The lowest BCUT2D eigenvalue weighted by Crippen LogP contribution is -2.12. The number of nitrogens with two attached hydrogens (primary N) is 1. The summed E-state index contributed by atoms with van der Waals surface area (Å²) in [5.74, 6) is 1.06. The highest BCUT2D eigenvalue weighted by Crippen LogP contribution is 2.30. The van der Waals surface area contributed by atoms with Gasteiger partial charge in [0.25, 0.3) is 0 Å². The number of nitrogens with one attached hydrogen (secondary N) is 1. The standard InChI is InChI=1S/C15H17N5O3/c1-22-11-5-3-2-4-10(11)17-15-19-12(18-14(16)20-15)8-23-13(21)9-6-7-9/h2-5,9H,6-8H2,1H3,(H3,16,17,18,19,20). The monoisotopic (exact) mass is 315 g/mol. The fourth-order valence-corrected chi connectivity index (χ4v) is 2.00. The summed E-state index contributed by atoms with van der Waals surface area (Å²) in [4.78, 5) is 23.8. The molecule has 1 aliphatic rings. The maximum absolute atomic E-state index is 11.6. The molecular weight excluding hydrogens is 298 g/mol. The van der Waals surface area contributed by atoms with Crippen LogP contribution in [0.15, 0.2) is 24.3 Å². The van der Waals surface area contributed by atoms with Gasteiger partial charge in [-0.15, -0.1) is 0 Å². The Morgan fingerprint density at radius 2 is 2.09 bits per heavy atom. The van der Waals surface area contributed by atoms with Gasteiger partial charge in [0.15, 0.2) is 12.4 Å². The zero-order chi connectivity index (χ0) is 16.2. The van der Waals surface area contributed by atoms with Gasteiger partial charge in [0, 0.05) is 0 Å². The van der Waals surface area contributed by atoms with Crippen LogP contribution in [-0.2, 0) is 16.1 Å². The first-order valence-corrected chi connectivity index (χ1v) is 7.23. The highest BCUT2D eigenvalue weighted by molar-refractivity contribution is 5.74. The summed E-state index contributed by atoms with van der Waals surface area (Å²) < 4.78 is 10.4. The number of aromatic nitrogens is 3. The van der Waals surface area contributed by atoms with Crippen LogP contribution in [0.1, 0.15) is 18.7 Å². The molecule has 23 heavy (non-hydrogen) atoms. The molecule has 3 rings (SSSR count). The van der Waals surface area contributed by atoms with Crippen molar-refractivity contribution >= 4 is 23.6 Å². The molecule has 0 bridgehead atoms. The van der Waals surface area contributed by atoms with E-state index in [0.29, 0.717) is 17.3 Å². The Bertz CT molecular complexity index is 718. The minimum Gasteiger partial charge on any atom is -0.495 e. The first kappa shape index (κ1) is 15.0. The van der Waals surface area contributed by atoms with Gasteiger partial charge in [0.2, 0.25) is 11.9 Å². The largest absolute Gasteiger partial charge is 0.495 e. The van der Waals surface area contributed by atoms with E-state index in [0.717, 1.165) is 12.8 Å². The van der Waals surface area contributed by atoms with E-state index in [2.05, 4.69) is 20.3 Å². The maximum Gasteiger partial charge on any atom is 0.309 e. The lowest BCUT2D eigenvalue weighted by molar-refractivity contribution is -0.146. The van der Waals surface area contributed by atoms with Crippen LogP contribution in [0.2, 0.25) is 0 Å². The summed E-state index contributed by atoms with van der Waals surface area (Å²) in [5, 5.41) is 3.02. The lowest BCUT2D eigenvalue weighted by atomic mass is 10.3. The number of hydrogen-bond donors (Lipinski definition) is 2. The molecule has 3 N–H and O–H groups in total. The van der Waals surface area contributed by atoms with Gasteiger partial charge in [-0.05, 0) is 25.0 Å². The van der Waals surface area contributed by atoms with Gasteiger partial charge >= 0.3 is 5.97 Å². The van der Waals surface area contributed by atoms with E-state index in [1.807, 2.05) is 24.3 Å². The van der Waals surface area contributed by atoms with Crippen molar-refractivity contribution in [1.29, 1.82) is 0 Å². The quantitative estimate of drug-likeness (QED) is 0.774. The molecule has 0 unspecified atom stereocenters. The summed E-state index contributed by atoms with van der Waals surface area (Å²) in [6, 6.07) is 7.35. The van der Waals surface area contributed by atoms with Crippen molar-refractivity contribution in [3.63, 3.8) is 0 Å². The Kier molecular flexibility index (Phi) is 4.22. The van der Waals surface area contributed by atoms with Gasteiger partial charge in [0.05, 0.1) is 18.7 Å². The molecule has 1 heterocycles. The van der Waals surface area contributed by atoms with Crippen molar-refractivity contribution < 1.29 is 14.3 Å². The van der Waals surface area contributed by atoms with Crippen LogP contribution >= 0.6 is 0 Å². The fourth-order valence-electron chi connectivity index (χ4n) is 2.00. The normalized spacial score (nSPS) is 13.4. The van der Waals surface area contributed by atoms with Gasteiger partial charge in [0.1, 0.15) is 5.75 Å². The molecule has 120 valence electrons. The maximum atomic E-state index is 11.6. The van der Waals surface area contributed by atoms with E-state index in [1.165, 1.54) is 0 Å². The average molecular weight is 315 g/mol. The number of rotatable bonds is 6. The molecule has 8 heteroatoms. The van der Waals surface area contributed by atoms with E-state index < -0.39 is 0 Å². The average Bonchev–Trinajstić information content (AvgIpc) is 3.37. The molecule has 1 aliphatic carbocycles. The summed E-state index contributed by atoms with van der Waals surface area (Å²) in [5.41, 5.74) is 6.38. The third-order valence-corrected chi connectivity index (χ3v) is 3.31. The number of esters is 1. The molecule has 0 atom stereocenters. The van der Waals surface area contributed by atoms with Crippen molar-refractivity contribution in [3.05, 3.63) is 30.1 Å². The molecule has 0 aliphatic heterocycles. The van der Waals surface area contributed by atoms with Crippen LogP contribution in [0.5, 0.6) is 5.75 Å². The molecule has 1 fully saturated rings. The third kappa shape index (κ3) is 3.85. The molecule has 0 saturated heterocycles. The molecule has 1 aromatic carbocycles. The van der Waals surface area contributed by atoms with Crippen LogP contribution < -0.4 is 15.8 Å². The Hall–Kier alpha value is -2.90. The van der Waals surface area contributed by atoms with Crippen LogP contribution in [0.3, 0.4) is 0 Å². The van der Waals surface area contributed by atoms with Crippen LogP contribution in [0.4, 0.5) is 17.6 Å². The van der Waals surface area contributed by atoms with Crippen LogP contribution in [0.25, 0.3) is 0 Å². The second-order valence-corrected chi connectivity index (χ2v) is 5.14.